The van der Waals surface area contributed by atoms with Crippen molar-refractivity contribution in [1.82, 2.24) is 14.5 Å². The van der Waals surface area contributed by atoms with Crippen LogP contribution in [-0.2, 0) is 14.8 Å². The van der Waals surface area contributed by atoms with Gasteiger partial charge in [-0.25, -0.2) is 17.2 Å². The first-order valence-corrected chi connectivity index (χ1v) is 12.1. The minimum absolute atomic E-state index is 0.00360. The van der Waals surface area contributed by atoms with Crippen LogP contribution in [0.4, 0.5) is 8.78 Å². The molecule has 1 heterocycles. The zero-order chi connectivity index (χ0) is 24.3. The Hall–Kier alpha value is -2.85. The number of nitrogens with zero attached hydrogens (tertiary/aromatic N) is 2. The maximum absolute atomic E-state index is 13.5. The van der Waals surface area contributed by atoms with E-state index in [1.54, 1.807) is 12.1 Å². The first kappa shape index (κ1) is 24.8. The van der Waals surface area contributed by atoms with E-state index in [2.05, 4.69) is 5.32 Å². The third kappa shape index (κ3) is 5.39. The van der Waals surface area contributed by atoms with E-state index in [9.17, 15) is 26.8 Å². The number of amides is 2. The van der Waals surface area contributed by atoms with Crippen molar-refractivity contribution in [2.45, 2.75) is 31.7 Å². The zero-order valence-corrected chi connectivity index (χ0v) is 19.5. The topological polar surface area (TPSA) is 86.8 Å². The highest BCUT2D eigenvalue weighted by atomic mass is 32.2. The fourth-order valence-corrected chi connectivity index (χ4v) is 5.13. The molecule has 0 radical (unpaired) electrons. The summed E-state index contributed by atoms with van der Waals surface area (Å²) in [7, 11) is -4.03. The molecule has 1 saturated heterocycles. The summed E-state index contributed by atoms with van der Waals surface area (Å²) in [6.07, 6.45) is 0. The Kier molecular flexibility index (Phi) is 7.48. The maximum Gasteiger partial charge on any atom is 0.252 e. The van der Waals surface area contributed by atoms with Crippen LogP contribution < -0.4 is 5.32 Å². The lowest BCUT2D eigenvalue weighted by Gasteiger charge is -2.36. The van der Waals surface area contributed by atoms with Crippen molar-refractivity contribution in [3.63, 3.8) is 0 Å². The Labute approximate surface area is 192 Å². The van der Waals surface area contributed by atoms with Crippen LogP contribution in [0, 0.1) is 24.5 Å². The van der Waals surface area contributed by atoms with Crippen molar-refractivity contribution in [1.29, 1.82) is 0 Å². The summed E-state index contributed by atoms with van der Waals surface area (Å²) in [5.41, 5.74) is 1.28. The van der Waals surface area contributed by atoms with Gasteiger partial charge in [0.25, 0.3) is 5.91 Å². The van der Waals surface area contributed by atoms with Gasteiger partial charge >= 0.3 is 0 Å². The van der Waals surface area contributed by atoms with Gasteiger partial charge in [0, 0.05) is 31.7 Å². The summed E-state index contributed by atoms with van der Waals surface area (Å²) >= 11 is 0. The van der Waals surface area contributed by atoms with E-state index in [0.717, 1.165) is 22.0 Å². The number of piperazine rings is 1. The van der Waals surface area contributed by atoms with Crippen molar-refractivity contribution in [3.05, 3.63) is 65.2 Å². The summed E-state index contributed by atoms with van der Waals surface area (Å²) in [4.78, 5) is 27.1. The van der Waals surface area contributed by atoms with Crippen molar-refractivity contribution < 1.29 is 26.8 Å². The highest BCUT2D eigenvalue weighted by Gasteiger charge is 2.34. The van der Waals surface area contributed by atoms with Gasteiger partial charge in [0.05, 0.1) is 4.90 Å². The van der Waals surface area contributed by atoms with Crippen LogP contribution in [0.25, 0.3) is 0 Å². The van der Waals surface area contributed by atoms with Crippen LogP contribution >= 0.6 is 0 Å². The second kappa shape index (κ2) is 9.96. The average Bonchev–Trinajstić information content (AvgIpc) is 2.78. The van der Waals surface area contributed by atoms with E-state index < -0.39 is 27.7 Å². The number of benzene rings is 2. The van der Waals surface area contributed by atoms with Gasteiger partial charge in [0.1, 0.15) is 6.04 Å². The Morgan fingerprint density at radius 2 is 1.61 bits per heavy atom. The predicted molar refractivity (Wildman–Crippen MR) is 119 cm³/mol. The molecule has 1 unspecified atom stereocenters. The molecular formula is C23H27F2N3O4S. The average molecular weight is 480 g/mol. The lowest BCUT2D eigenvalue weighted by molar-refractivity contribution is -0.135. The maximum atomic E-state index is 13.5. The molecule has 2 amide bonds. The quantitative estimate of drug-likeness (QED) is 0.690. The molecule has 7 nitrogen and oxygen atoms in total. The summed E-state index contributed by atoms with van der Waals surface area (Å²) in [6.45, 7) is 5.70. The van der Waals surface area contributed by atoms with Crippen LogP contribution in [0.2, 0.25) is 0 Å². The van der Waals surface area contributed by atoms with Crippen LogP contribution in [0.15, 0.2) is 47.4 Å². The van der Waals surface area contributed by atoms with Gasteiger partial charge in [-0.3, -0.25) is 9.59 Å². The molecule has 1 aliphatic rings. The summed E-state index contributed by atoms with van der Waals surface area (Å²) in [5, 5.41) is 2.81. The number of aryl methyl sites for hydroxylation is 1. The Morgan fingerprint density at radius 1 is 0.970 bits per heavy atom. The fourth-order valence-electron chi connectivity index (χ4n) is 3.69. The van der Waals surface area contributed by atoms with Crippen LogP contribution in [0.1, 0.15) is 29.8 Å². The number of rotatable bonds is 6. The molecule has 0 bridgehead atoms. The molecule has 1 N–H and O–H groups in total. The molecule has 2 aromatic rings. The first-order chi connectivity index (χ1) is 15.5. The lowest BCUT2D eigenvalue weighted by Crippen LogP contribution is -2.57. The van der Waals surface area contributed by atoms with Crippen molar-refractivity contribution in [3.8, 4) is 0 Å². The van der Waals surface area contributed by atoms with Crippen molar-refractivity contribution in [2.75, 3.05) is 26.2 Å². The lowest BCUT2D eigenvalue weighted by atomic mass is 10.0. The van der Waals surface area contributed by atoms with Gasteiger partial charge in [-0.1, -0.05) is 32.0 Å². The molecule has 178 valence electrons. The number of hydrogen-bond donors (Lipinski definition) is 1. The van der Waals surface area contributed by atoms with Crippen LogP contribution in [0.3, 0.4) is 0 Å². The Balaban J connectivity index is 1.68. The number of nitrogens with one attached hydrogen (secondary N) is 1. The fraction of sp³-hybridized carbons (Fsp3) is 0.391. The number of hydrogen-bond acceptors (Lipinski definition) is 4. The van der Waals surface area contributed by atoms with E-state index in [-0.39, 0.29) is 48.8 Å². The predicted octanol–water partition coefficient (Wildman–Crippen LogP) is 2.56. The molecule has 1 atom stereocenters. The number of carbonyl (C=O) groups is 2. The second-order valence-corrected chi connectivity index (χ2v) is 10.3. The summed E-state index contributed by atoms with van der Waals surface area (Å²) in [5.74, 6) is -3.20. The summed E-state index contributed by atoms with van der Waals surface area (Å²) in [6, 6.07) is 8.74. The molecule has 33 heavy (non-hydrogen) atoms. The second-order valence-electron chi connectivity index (χ2n) is 8.32. The molecule has 0 aromatic heterocycles. The first-order valence-electron chi connectivity index (χ1n) is 10.6. The molecular weight excluding hydrogens is 452 g/mol. The van der Waals surface area contributed by atoms with Gasteiger partial charge in [-0.05, 0) is 42.7 Å². The highest BCUT2D eigenvalue weighted by Crippen LogP contribution is 2.21. The standard InChI is InChI=1S/C23H27F2N3O4S/c1-15(2)21(26-22(29)18-7-5-4-6-16(18)3)23(30)27-10-12-28(13-11-27)33(31,32)17-8-9-19(24)20(25)14-17/h4-9,14-15,21H,10-13H2,1-3H3,(H,26,29). The van der Waals surface area contributed by atoms with E-state index in [1.165, 1.54) is 4.90 Å². The number of halogens is 2. The van der Waals surface area contributed by atoms with Gasteiger partial charge < -0.3 is 10.2 Å². The third-order valence-corrected chi connectivity index (χ3v) is 7.58. The molecule has 0 aliphatic carbocycles. The van der Waals surface area contributed by atoms with Crippen molar-refractivity contribution in [2.24, 2.45) is 5.92 Å². The van der Waals surface area contributed by atoms with E-state index >= 15 is 0 Å². The Morgan fingerprint density at radius 3 is 2.18 bits per heavy atom. The normalized spacial score (nSPS) is 16.0. The zero-order valence-electron chi connectivity index (χ0n) is 18.7. The van der Waals surface area contributed by atoms with Gasteiger partial charge in [-0.15, -0.1) is 0 Å². The van der Waals surface area contributed by atoms with E-state index in [0.29, 0.717) is 11.6 Å². The molecule has 0 saturated carbocycles. The monoisotopic (exact) mass is 479 g/mol. The Bertz CT molecular complexity index is 1150. The third-order valence-electron chi connectivity index (χ3n) is 5.69. The van der Waals surface area contributed by atoms with Crippen LogP contribution in [0.5, 0.6) is 0 Å². The van der Waals surface area contributed by atoms with Gasteiger partial charge in [-0.2, -0.15) is 4.31 Å². The largest absolute Gasteiger partial charge is 0.340 e. The molecule has 1 aliphatic heterocycles. The minimum Gasteiger partial charge on any atom is -0.340 e. The van der Waals surface area contributed by atoms with Crippen molar-refractivity contribution >= 4 is 21.8 Å². The molecule has 3 rings (SSSR count). The summed E-state index contributed by atoms with van der Waals surface area (Å²) < 4.78 is 53.4. The van der Waals surface area contributed by atoms with E-state index in [1.807, 2.05) is 32.9 Å². The van der Waals surface area contributed by atoms with Gasteiger partial charge in [0.2, 0.25) is 15.9 Å². The molecule has 10 heteroatoms. The van der Waals surface area contributed by atoms with Crippen LogP contribution in [-0.4, -0.2) is 61.7 Å². The van der Waals surface area contributed by atoms with Gasteiger partial charge in [0.15, 0.2) is 11.6 Å². The minimum atomic E-state index is -4.03. The molecule has 1 fully saturated rings. The number of carbonyl (C=O) groups excluding carboxylic acids is 2. The molecule has 0 spiro atoms. The smallest absolute Gasteiger partial charge is 0.252 e. The SMILES string of the molecule is Cc1ccccc1C(=O)NC(C(=O)N1CCN(S(=O)(=O)c2ccc(F)c(F)c2)CC1)C(C)C. The van der Waals surface area contributed by atoms with E-state index in [4.69, 9.17) is 0 Å². The highest BCUT2D eigenvalue weighted by molar-refractivity contribution is 7.89. The number of sulfonamides is 1. The molecule has 2 aromatic carbocycles.